The minimum atomic E-state index is -0.413. The van der Waals surface area contributed by atoms with Crippen LogP contribution in [0.25, 0.3) is 0 Å². The summed E-state index contributed by atoms with van der Waals surface area (Å²) in [5.74, 6) is 0. The van der Waals surface area contributed by atoms with E-state index in [1.54, 1.807) is 6.92 Å². The fourth-order valence-electron chi connectivity index (χ4n) is 1.90. The number of nitrogens with one attached hydrogen (secondary N) is 1. The molecule has 0 saturated heterocycles. The quantitative estimate of drug-likeness (QED) is 0.613. The van der Waals surface area contributed by atoms with Crippen LogP contribution < -0.4 is 11.2 Å². The summed E-state index contributed by atoms with van der Waals surface area (Å²) in [4.78, 5) is 25.9. The van der Waals surface area contributed by atoms with Crippen molar-refractivity contribution in [3.8, 4) is 0 Å². The predicted octanol–water partition coefficient (Wildman–Crippen LogP) is 2.86. The van der Waals surface area contributed by atoms with Gasteiger partial charge < -0.3 is 0 Å². The summed E-state index contributed by atoms with van der Waals surface area (Å²) in [5.41, 5.74) is -0.288. The minimum Gasteiger partial charge on any atom is -0.297 e. The minimum absolute atomic E-state index is 0.143. The van der Waals surface area contributed by atoms with E-state index >= 15 is 0 Å². The Morgan fingerprint density at radius 3 is 2.39 bits per heavy atom. The number of H-pyrrole nitrogens is 1. The Bertz CT molecular complexity index is 491. The van der Waals surface area contributed by atoms with Crippen molar-refractivity contribution in [3.63, 3.8) is 0 Å². The molecule has 0 amide bonds. The molecule has 18 heavy (non-hydrogen) atoms. The summed E-state index contributed by atoms with van der Waals surface area (Å²) in [6.07, 6.45) is 6.76. The molecule has 1 rings (SSSR count). The summed E-state index contributed by atoms with van der Waals surface area (Å²) in [6, 6.07) is 0. The Kier molecular flexibility index (Phi) is 6.19. The first-order valence-corrected chi connectivity index (χ1v) is 6.95. The van der Waals surface area contributed by atoms with Crippen LogP contribution in [-0.2, 0) is 6.54 Å². The van der Waals surface area contributed by atoms with Gasteiger partial charge in [0.2, 0.25) is 0 Å². The van der Waals surface area contributed by atoms with Gasteiger partial charge in [0.15, 0.2) is 0 Å². The van der Waals surface area contributed by atoms with E-state index in [9.17, 15) is 9.59 Å². The maximum Gasteiger partial charge on any atom is 0.329 e. The molecule has 1 aromatic rings. The van der Waals surface area contributed by atoms with E-state index in [1.165, 1.54) is 23.8 Å². The summed E-state index contributed by atoms with van der Waals surface area (Å²) in [5, 5.41) is 0.143. The van der Waals surface area contributed by atoms with Gasteiger partial charge in [-0.05, 0) is 13.3 Å². The maximum absolute atomic E-state index is 11.8. The number of halogens is 1. The van der Waals surface area contributed by atoms with Crippen molar-refractivity contribution in [3.05, 3.63) is 31.6 Å². The van der Waals surface area contributed by atoms with Gasteiger partial charge in [0.1, 0.15) is 5.15 Å². The molecule has 1 aromatic heterocycles. The van der Waals surface area contributed by atoms with Gasteiger partial charge in [-0.3, -0.25) is 14.3 Å². The molecule has 1 heterocycles. The second-order valence-electron chi connectivity index (χ2n) is 4.59. The molecular weight excluding hydrogens is 252 g/mol. The largest absolute Gasteiger partial charge is 0.329 e. The van der Waals surface area contributed by atoms with Crippen LogP contribution in [0.4, 0.5) is 0 Å². The van der Waals surface area contributed by atoms with E-state index in [0.29, 0.717) is 12.1 Å². The maximum atomic E-state index is 11.8. The molecule has 0 radical (unpaired) electrons. The first kappa shape index (κ1) is 15.0. The Hall–Kier alpha value is -1.03. The molecule has 0 saturated carbocycles. The second-order valence-corrected chi connectivity index (χ2v) is 4.97. The van der Waals surface area contributed by atoms with E-state index < -0.39 is 5.69 Å². The van der Waals surface area contributed by atoms with Gasteiger partial charge in [0.05, 0.1) is 0 Å². The zero-order valence-corrected chi connectivity index (χ0v) is 11.8. The van der Waals surface area contributed by atoms with Crippen molar-refractivity contribution in [1.82, 2.24) is 9.55 Å². The third-order valence-corrected chi connectivity index (χ3v) is 3.47. The fraction of sp³-hybridized carbons (Fsp3) is 0.692. The molecule has 0 aliphatic rings. The average Bonchev–Trinajstić information content (AvgIpc) is 2.34. The van der Waals surface area contributed by atoms with E-state index in [2.05, 4.69) is 11.9 Å². The van der Waals surface area contributed by atoms with Crippen LogP contribution in [0.5, 0.6) is 0 Å². The van der Waals surface area contributed by atoms with Crippen LogP contribution >= 0.6 is 11.6 Å². The van der Waals surface area contributed by atoms with Gasteiger partial charge in [-0.15, -0.1) is 0 Å². The molecule has 5 heteroatoms. The van der Waals surface area contributed by atoms with Gasteiger partial charge in [-0.25, -0.2) is 4.79 Å². The molecule has 0 aliphatic carbocycles. The molecule has 0 bridgehead atoms. The van der Waals surface area contributed by atoms with E-state index in [4.69, 9.17) is 11.6 Å². The lowest BCUT2D eigenvalue weighted by atomic mass is 10.1. The average molecular weight is 273 g/mol. The molecule has 0 spiro atoms. The van der Waals surface area contributed by atoms with Crippen molar-refractivity contribution in [1.29, 1.82) is 0 Å². The van der Waals surface area contributed by atoms with Crippen molar-refractivity contribution in [2.45, 2.75) is 58.9 Å². The number of hydrogen-bond donors (Lipinski definition) is 1. The summed E-state index contributed by atoms with van der Waals surface area (Å²) in [7, 11) is 0. The van der Waals surface area contributed by atoms with Crippen LogP contribution in [0.3, 0.4) is 0 Å². The lowest BCUT2D eigenvalue weighted by molar-refractivity contribution is 0.533. The zero-order chi connectivity index (χ0) is 13.5. The predicted molar refractivity (Wildman–Crippen MR) is 74.4 cm³/mol. The van der Waals surface area contributed by atoms with Gasteiger partial charge in [0.25, 0.3) is 5.56 Å². The molecule has 102 valence electrons. The third-order valence-electron chi connectivity index (χ3n) is 3.09. The molecule has 0 unspecified atom stereocenters. The second kappa shape index (κ2) is 7.41. The van der Waals surface area contributed by atoms with E-state index in [-0.39, 0.29) is 10.7 Å². The number of unbranched alkanes of at least 4 members (excludes halogenated alkanes) is 5. The van der Waals surface area contributed by atoms with Crippen LogP contribution in [-0.4, -0.2) is 9.55 Å². The topological polar surface area (TPSA) is 54.9 Å². The fourth-order valence-corrected chi connectivity index (χ4v) is 2.06. The standard InChI is InChI=1S/C13H21ClN2O2/c1-3-4-5-6-7-8-9-16-12(17)10(2)11(14)15-13(16)18/h3-9H2,1-2H3,(H,15,18). The van der Waals surface area contributed by atoms with Crippen LogP contribution in [0, 0.1) is 6.92 Å². The van der Waals surface area contributed by atoms with E-state index in [0.717, 1.165) is 19.3 Å². The molecule has 0 atom stereocenters. The lowest BCUT2D eigenvalue weighted by Gasteiger charge is -2.06. The molecule has 0 fully saturated rings. The Morgan fingerprint density at radius 1 is 1.11 bits per heavy atom. The van der Waals surface area contributed by atoms with Crippen molar-refractivity contribution >= 4 is 11.6 Å². The number of hydrogen-bond acceptors (Lipinski definition) is 2. The number of nitrogens with zero attached hydrogens (tertiary/aromatic N) is 1. The Morgan fingerprint density at radius 2 is 1.72 bits per heavy atom. The Balaban J connectivity index is 2.56. The first-order chi connectivity index (χ1) is 8.57. The summed E-state index contributed by atoms with van der Waals surface area (Å²) < 4.78 is 1.24. The van der Waals surface area contributed by atoms with E-state index in [1.807, 2.05) is 0 Å². The third kappa shape index (κ3) is 4.02. The van der Waals surface area contributed by atoms with Crippen molar-refractivity contribution in [2.24, 2.45) is 0 Å². The van der Waals surface area contributed by atoms with Crippen LogP contribution in [0.2, 0.25) is 5.15 Å². The highest BCUT2D eigenvalue weighted by molar-refractivity contribution is 6.30. The van der Waals surface area contributed by atoms with Gasteiger partial charge in [-0.1, -0.05) is 50.6 Å². The number of aromatic amines is 1. The van der Waals surface area contributed by atoms with Gasteiger partial charge in [0, 0.05) is 12.1 Å². The normalized spacial score (nSPS) is 10.8. The lowest BCUT2D eigenvalue weighted by Crippen LogP contribution is -2.36. The van der Waals surface area contributed by atoms with Crippen LogP contribution in [0.15, 0.2) is 9.59 Å². The van der Waals surface area contributed by atoms with Crippen molar-refractivity contribution in [2.75, 3.05) is 0 Å². The SMILES string of the molecule is CCCCCCCCn1c(=O)[nH]c(Cl)c(C)c1=O. The summed E-state index contributed by atoms with van der Waals surface area (Å²) in [6.45, 7) is 4.27. The van der Waals surface area contributed by atoms with Crippen LogP contribution in [0.1, 0.15) is 51.0 Å². The molecular formula is C13H21ClN2O2. The smallest absolute Gasteiger partial charge is 0.297 e. The Labute approximate surface area is 112 Å². The molecule has 0 aliphatic heterocycles. The monoisotopic (exact) mass is 272 g/mol. The van der Waals surface area contributed by atoms with Gasteiger partial charge >= 0.3 is 5.69 Å². The zero-order valence-electron chi connectivity index (χ0n) is 11.1. The van der Waals surface area contributed by atoms with Crippen molar-refractivity contribution < 1.29 is 0 Å². The first-order valence-electron chi connectivity index (χ1n) is 6.57. The highest BCUT2D eigenvalue weighted by Gasteiger charge is 2.07. The highest BCUT2D eigenvalue weighted by atomic mass is 35.5. The molecule has 4 nitrogen and oxygen atoms in total. The van der Waals surface area contributed by atoms with Gasteiger partial charge in [-0.2, -0.15) is 0 Å². The molecule has 0 aromatic carbocycles. The number of aromatic nitrogens is 2. The molecule has 1 N–H and O–H groups in total. The highest BCUT2D eigenvalue weighted by Crippen LogP contribution is 2.06. The number of rotatable bonds is 7. The summed E-state index contributed by atoms with van der Waals surface area (Å²) >= 11 is 5.74.